The molecule has 0 aromatic carbocycles. The van der Waals surface area contributed by atoms with Crippen LogP contribution in [0.3, 0.4) is 0 Å². The van der Waals surface area contributed by atoms with Gasteiger partial charge in [0.15, 0.2) is 0 Å². The number of fused-ring (bicyclic) bond motifs is 5. The molecule has 24 heavy (non-hydrogen) atoms. The zero-order valence-corrected chi connectivity index (χ0v) is 15.6. The van der Waals surface area contributed by atoms with Gasteiger partial charge in [-0.25, -0.2) is 0 Å². The average Bonchev–Trinajstić information content (AvgIpc) is 2.84. The summed E-state index contributed by atoms with van der Waals surface area (Å²) in [4.78, 5) is 12.4. The fourth-order valence-corrected chi connectivity index (χ4v) is 6.41. The van der Waals surface area contributed by atoms with Gasteiger partial charge in [0.1, 0.15) is 5.78 Å². The Morgan fingerprint density at radius 1 is 1.12 bits per heavy atom. The third kappa shape index (κ3) is 2.68. The zero-order valence-electron chi connectivity index (χ0n) is 15.6. The molecule has 4 rings (SSSR count). The van der Waals surface area contributed by atoms with Crippen LogP contribution in [0.2, 0.25) is 0 Å². The van der Waals surface area contributed by atoms with Crippen LogP contribution < -0.4 is 0 Å². The molecule has 0 aromatic heterocycles. The summed E-state index contributed by atoms with van der Waals surface area (Å²) in [7, 11) is 0. The molecule has 0 spiro atoms. The van der Waals surface area contributed by atoms with E-state index in [0.717, 1.165) is 50.9 Å². The zero-order chi connectivity index (χ0) is 17.5. The highest BCUT2D eigenvalue weighted by atomic mass is 16.3. The van der Waals surface area contributed by atoms with Gasteiger partial charge < -0.3 is 10.2 Å². The quantitative estimate of drug-likeness (QED) is 0.661. The summed E-state index contributed by atoms with van der Waals surface area (Å²) in [5.74, 6) is 2.60. The summed E-state index contributed by atoms with van der Waals surface area (Å²) in [6.07, 6.45) is 10.7. The molecule has 6 atom stereocenters. The molecule has 0 aromatic rings. The Bertz CT molecular complexity index is 525. The smallest absolute Gasteiger partial charge is 0.139 e. The number of carbonyl (C=O) groups excluding carboxylic acids is 1. The van der Waals surface area contributed by atoms with Gasteiger partial charge in [0.2, 0.25) is 0 Å². The Morgan fingerprint density at radius 2 is 1.75 bits per heavy atom. The van der Waals surface area contributed by atoms with Crippen LogP contribution in [0, 0.1) is 28.6 Å². The fraction of sp³-hybridized carbons (Fsp3) is 0.857. The van der Waals surface area contributed by atoms with Crippen molar-refractivity contribution < 1.29 is 15.0 Å². The highest BCUT2D eigenvalue weighted by Crippen LogP contribution is 2.63. The van der Waals surface area contributed by atoms with Gasteiger partial charge in [0.05, 0.1) is 6.10 Å². The second-order valence-electron chi connectivity index (χ2n) is 8.89. The van der Waals surface area contributed by atoms with Crippen molar-refractivity contribution in [2.24, 2.45) is 28.6 Å². The standard InChI is InChI=1S/C19H28O2.C2H6O/c1-18-9-7-13(20)11-12(18)3-4-14-15-5-6-17(21)19(15,2)10-8-16(14)18;1-2-3/h3,13-16,20H,4-11H2,1-2H3;3H,2H2,1H3/t13-,14-,15-,16-,18-,19-;/m0./s1. The lowest BCUT2D eigenvalue weighted by atomic mass is 9.48. The van der Waals surface area contributed by atoms with Crippen LogP contribution in [0.1, 0.15) is 72.1 Å². The summed E-state index contributed by atoms with van der Waals surface area (Å²) < 4.78 is 0. The maximum Gasteiger partial charge on any atom is 0.139 e. The lowest BCUT2D eigenvalue weighted by Crippen LogP contribution is -2.50. The number of aliphatic hydroxyl groups excluding tert-OH is 2. The van der Waals surface area contributed by atoms with Crippen molar-refractivity contribution in [1.29, 1.82) is 0 Å². The minimum Gasteiger partial charge on any atom is -0.397 e. The highest BCUT2D eigenvalue weighted by Gasteiger charge is 2.58. The summed E-state index contributed by atoms with van der Waals surface area (Å²) in [5.41, 5.74) is 1.81. The maximum absolute atomic E-state index is 12.4. The number of allylic oxidation sites excluding steroid dienone is 1. The molecule has 0 radical (unpaired) electrons. The van der Waals surface area contributed by atoms with Crippen LogP contribution in [0.15, 0.2) is 11.6 Å². The van der Waals surface area contributed by atoms with Crippen molar-refractivity contribution in [3.63, 3.8) is 0 Å². The molecule has 4 aliphatic rings. The third-order valence-electron chi connectivity index (χ3n) is 7.79. The molecular formula is C21H34O3. The summed E-state index contributed by atoms with van der Waals surface area (Å²) in [6.45, 7) is 6.62. The van der Waals surface area contributed by atoms with Crippen LogP contribution in [0.25, 0.3) is 0 Å². The molecule has 2 N–H and O–H groups in total. The third-order valence-corrected chi connectivity index (χ3v) is 7.79. The van der Waals surface area contributed by atoms with Gasteiger partial charge >= 0.3 is 0 Å². The molecule has 136 valence electrons. The van der Waals surface area contributed by atoms with Gasteiger partial charge in [0, 0.05) is 18.4 Å². The van der Waals surface area contributed by atoms with Gasteiger partial charge in [-0.3, -0.25) is 4.79 Å². The number of rotatable bonds is 0. The molecule has 0 amide bonds. The second-order valence-corrected chi connectivity index (χ2v) is 8.89. The van der Waals surface area contributed by atoms with E-state index in [1.165, 1.54) is 12.0 Å². The number of hydrogen-bond donors (Lipinski definition) is 2. The predicted octanol–water partition coefficient (Wildman–Crippen LogP) is 3.88. The number of carbonyl (C=O) groups is 1. The molecule has 0 aliphatic heterocycles. The van der Waals surface area contributed by atoms with Gasteiger partial charge in [-0.1, -0.05) is 25.5 Å². The Balaban J connectivity index is 0.000000526. The van der Waals surface area contributed by atoms with Crippen molar-refractivity contribution in [3.05, 3.63) is 11.6 Å². The molecule has 0 unspecified atom stereocenters. The number of aliphatic hydroxyl groups is 2. The van der Waals surface area contributed by atoms with Crippen molar-refractivity contribution in [2.75, 3.05) is 6.61 Å². The molecular weight excluding hydrogens is 300 g/mol. The van der Waals surface area contributed by atoms with Gasteiger partial charge in [-0.2, -0.15) is 0 Å². The van der Waals surface area contributed by atoms with E-state index in [2.05, 4.69) is 19.9 Å². The van der Waals surface area contributed by atoms with Gasteiger partial charge in [-0.15, -0.1) is 0 Å². The van der Waals surface area contributed by atoms with Gasteiger partial charge in [0.25, 0.3) is 0 Å². The number of ketones is 1. The number of Topliss-reactive ketones (excluding diaryl/α,β-unsaturated/α-hetero) is 1. The Hall–Kier alpha value is -0.670. The summed E-state index contributed by atoms with van der Waals surface area (Å²) in [5, 5.41) is 17.6. The largest absolute Gasteiger partial charge is 0.397 e. The SMILES string of the molecule is CCO.C[C@]12CC[C@H](O)CC1=CC[C@@H]1[C@@H]2CC[C@]2(C)C(=O)CC[C@@H]12. The molecule has 3 fully saturated rings. The Morgan fingerprint density at radius 3 is 2.46 bits per heavy atom. The first-order valence-electron chi connectivity index (χ1n) is 9.88. The van der Waals surface area contributed by atoms with Crippen LogP contribution >= 0.6 is 0 Å². The molecule has 3 heteroatoms. The van der Waals surface area contributed by atoms with E-state index < -0.39 is 0 Å². The van der Waals surface area contributed by atoms with E-state index in [9.17, 15) is 9.90 Å². The summed E-state index contributed by atoms with van der Waals surface area (Å²) >= 11 is 0. The normalized spacial score (nSPS) is 46.9. The Kier molecular flexibility index (Phi) is 4.96. The van der Waals surface area contributed by atoms with Crippen molar-refractivity contribution in [2.45, 2.75) is 78.2 Å². The molecule has 3 nitrogen and oxygen atoms in total. The minimum atomic E-state index is -0.122. The van der Waals surface area contributed by atoms with Crippen LogP contribution in [-0.4, -0.2) is 28.7 Å². The average molecular weight is 335 g/mol. The highest BCUT2D eigenvalue weighted by molar-refractivity contribution is 5.87. The van der Waals surface area contributed by atoms with E-state index in [4.69, 9.17) is 5.11 Å². The van der Waals surface area contributed by atoms with Crippen molar-refractivity contribution in [3.8, 4) is 0 Å². The maximum atomic E-state index is 12.4. The first-order chi connectivity index (χ1) is 11.4. The van der Waals surface area contributed by atoms with Crippen LogP contribution in [-0.2, 0) is 4.79 Å². The van der Waals surface area contributed by atoms with Crippen molar-refractivity contribution in [1.82, 2.24) is 0 Å². The topological polar surface area (TPSA) is 57.5 Å². The van der Waals surface area contributed by atoms with Crippen molar-refractivity contribution >= 4 is 5.78 Å². The van der Waals surface area contributed by atoms with E-state index in [-0.39, 0.29) is 18.1 Å². The first-order valence-corrected chi connectivity index (χ1v) is 9.88. The predicted molar refractivity (Wildman–Crippen MR) is 95.5 cm³/mol. The molecule has 0 heterocycles. The van der Waals surface area contributed by atoms with Crippen LogP contribution in [0.5, 0.6) is 0 Å². The van der Waals surface area contributed by atoms with E-state index in [1.807, 2.05) is 0 Å². The van der Waals surface area contributed by atoms with E-state index in [1.54, 1.807) is 6.92 Å². The minimum absolute atomic E-state index is 0.0168. The lowest BCUT2D eigenvalue weighted by molar-refractivity contribution is -0.132. The fourth-order valence-electron chi connectivity index (χ4n) is 6.41. The van der Waals surface area contributed by atoms with Crippen LogP contribution in [0.4, 0.5) is 0 Å². The molecule has 3 saturated carbocycles. The lowest BCUT2D eigenvalue weighted by Gasteiger charge is -2.56. The second kappa shape index (κ2) is 6.57. The molecule has 0 bridgehead atoms. The van der Waals surface area contributed by atoms with E-state index in [0.29, 0.717) is 23.0 Å². The molecule has 0 saturated heterocycles. The van der Waals surface area contributed by atoms with Gasteiger partial charge in [-0.05, 0) is 75.0 Å². The molecule has 4 aliphatic carbocycles. The summed E-state index contributed by atoms with van der Waals surface area (Å²) in [6, 6.07) is 0. The Labute approximate surface area is 146 Å². The first kappa shape index (κ1) is 18.1. The monoisotopic (exact) mass is 334 g/mol. The number of hydrogen-bond acceptors (Lipinski definition) is 3. The van der Waals surface area contributed by atoms with E-state index >= 15 is 0 Å².